The van der Waals surface area contributed by atoms with Crippen LogP contribution in [0.5, 0.6) is 0 Å². The summed E-state index contributed by atoms with van der Waals surface area (Å²) in [6, 6.07) is 13.5. The molecule has 3 heterocycles. The number of nitrogens with zero attached hydrogens (tertiary/aromatic N) is 2. The monoisotopic (exact) mass is 369 g/mol. The van der Waals surface area contributed by atoms with Gasteiger partial charge in [-0.05, 0) is 48.2 Å². The van der Waals surface area contributed by atoms with Crippen molar-refractivity contribution < 1.29 is 4.79 Å². The van der Waals surface area contributed by atoms with Crippen LogP contribution in [0.3, 0.4) is 0 Å². The van der Waals surface area contributed by atoms with Crippen LogP contribution in [0, 0.1) is 6.92 Å². The minimum Gasteiger partial charge on any atom is -0.360 e. The third kappa shape index (κ3) is 3.01. The topological polar surface area (TPSA) is 45.2 Å². The Hall–Kier alpha value is -2.37. The molecule has 0 fully saturated rings. The second-order valence-corrected chi connectivity index (χ2v) is 7.40. The zero-order chi connectivity index (χ0) is 17.4. The van der Waals surface area contributed by atoms with Gasteiger partial charge < -0.3 is 10.2 Å². The van der Waals surface area contributed by atoms with Crippen molar-refractivity contribution >= 4 is 34.5 Å². The molecule has 0 bridgehead atoms. The summed E-state index contributed by atoms with van der Waals surface area (Å²) in [5, 5.41) is 6.13. The lowest BCUT2D eigenvalue weighted by Gasteiger charge is -2.26. The summed E-state index contributed by atoms with van der Waals surface area (Å²) in [4.78, 5) is 20.3. The van der Waals surface area contributed by atoms with Crippen molar-refractivity contribution in [3.8, 4) is 0 Å². The first-order valence-corrected chi connectivity index (χ1v) is 9.20. The van der Waals surface area contributed by atoms with Gasteiger partial charge in [-0.3, -0.25) is 9.78 Å². The molecular weight excluding hydrogens is 354 g/mol. The lowest BCUT2D eigenvalue weighted by atomic mass is 10.2. The van der Waals surface area contributed by atoms with E-state index in [9.17, 15) is 4.79 Å². The maximum atomic E-state index is 12.9. The van der Waals surface area contributed by atoms with Crippen LogP contribution in [-0.4, -0.2) is 15.8 Å². The Morgan fingerprint density at radius 1 is 1.28 bits per heavy atom. The number of aryl methyl sites for hydroxylation is 1. The van der Waals surface area contributed by atoms with Crippen molar-refractivity contribution in [1.82, 2.24) is 9.88 Å². The summed E-state index contributed by atoms with van der Waals surface area (Å²) < 4.78 is 0. The fourth-order valence-electron chi connectivity index (χ4n) is 2.96. The molecule has 0 spiro atoms. The number of nitrogens with one attached hydrogen (secondary N) is 1. The van der Waals surface area contributed by atoms with E-state index in [4.69, 9.17) is 11.6 Å². The quantitative estimate of drug-likeness (QED) is 0.713. The van der Waals surface area contributed by atoms with Gasteiger partial charge in [-0.15, -0.1) is 11.3 Å². The fourth-order valence-corrected chi connectivity index (χ4v) is 3.84. The molecule has 1 N–H and O–H groups in total. The molecule has 3 aromatic rings. The molecule has 4 nitrogen and oxygen atoms in total. The van der Waals surface area contributed by atoms with E-state index < -0.39 is 0 Å². The number of pyridine rings is 1. The third-order valence-corrected chi connectivity index (χ3v) is 5.55. The van der Waals surface area contributed by atoms with E-state index >= 15 is 0 Å². The number of thiophene rings is 1. The predicted octanol–water partition coefficient (Wildman–Crippen LogP) is 4.87. The maximum absolute atomic E-state index is 12.9. The van der Waals surface area contributed by atoms with E-state index in [2.05, 4.69) is 10.3 Å². The fraction of sp³-hybridized carbons (Fsp3) is 0.158. The number of halogens is 1. The maximum Gasteiger partial charge on any atom is 0.258 e. The summed E-state index contributed by atoms with van der Waals surface area (Å²) in [6.45, 7) is 2.51. The minimum atomic E-state index is -0.315. The molecule has 6 heteroatoms. The van der Waals surface area contributed by atoms with Gasteiger partial charge in [0.2, 0.25) is 0 Å². The second-order valence-electron chi connectivity index (χ2n) is 5.96. The molecule has 1 aliphatic rings. The molecule has 0 saturated carbocycles. The van der Waals surface area contributed by atoms with Crippen molar-refractivity contribution in [3.05, 3.63) is 80.8 Å². The molecule has 126 valence electrons. The van der Waals surface area contributed by atoms with Crippen LogP contribution in [0.2, 0.25) is 5.02 Å². The van der Waals surface area contributed by atoms with Crippen molar-refractivity contribution in [2.24, 2.45) is 0 Å². The molecule has 1 unspecified atom stereocenters. The minimum absolute atomic E-state index is 0.00721. The van der Waals surface area contributed by atoms with Crippen LogP contribution >= 0.6 is 22.9 Å². The van der Waals surface area contributed by atoms with E-state index in [1.807, 2.05) is 53.6 Å². The second kappa shape index (κ2) is 6.50. The first-order valence-electron chi connectivity index (χ1n) is 7.94. The van der Waals surface area contributed by atoms with Gasteiger partial charge >= 0.3 is 0 Å². The Balaban J connectivity index is 1.70. The van der Waals surface area contributed by atoms with Crippen LogP contribution in [-0.2, 0) is 6.54 Å². The molecule has 4 rings (SSSR count). The molecule has 25 heavy (non-hydrogen) atoms. The normalized spacial score (nSPS) is 16.2. The SMILES string of the molecule is Cc1ccc(NC2c3ncccc3C(=O)N2Cc2cccs2)cc1Cl. The average Bonchev–Trinajstić information content (AvgIpc) is 3.21. The Morgan fingerprint density at radius 3 is 2.92 bits per heavy atom. The molecular formula is C19H16ClN3OS. The molecule has 1 aromatic carbocycles. The van der Waals surface area contributed by atoms with E-state index in [-0.39, 0.29) is 12.1 Å². The number of carbonyl (C=O) groups is 1. The molecule has 1 atom stereocenters. The highest BCUT2D eigenvalue weighted by Crippen LogP contribution is 2.35. The molecule has 2 aromatic heterocycles. The summed E-state index contributed by atoms with van der Waals surface area (Å²) in [5.74, 6) is -0.00721. The van der Waals surface area contributed by atoms with Crippen LogP contribution < -0.4 is 5.32 Å². The van der Waals surface area contributed by atoms with E-state index in [1.54, 1.807) is 23.6 Å². The number of anilines is 1. The van der Waals surface area contributed by atoms with Crippen molar-refractivity contribution in [2.45, 2.75) is 19.6 Å². The van der Waals surface area contributed by atoms with E-state index in [0.29, 0.717) is 17.1 Å². The van der Waals surface area contributed by atoms with Crippen LogP contribution in [0.25, 0.3) is 0 Å². The summed E-state index contributed by atoms with van der Waals surface area (Å²) >= 11 is 7.89. The molecule has 0 radical (unpaired) electrons. The highest BCUT2D eigenvalue weighted by molar-refractivity contribution is 7.09. The zero-order valence-electron chi connectivity index (χ0n) is 13.6. The van der Waals surface area contributed by atoms with Crippen molar-refractivity contribution in [1.29, 1.82) is 0 Å². The van der Waals surface area contributed by atoms with Crippen molar-refractivity contribution in [2.75, 3.05) is 5.32 Å². The Bertz CT molecular complexity index is 926. The number of aromatic nitrogens is 1. The molecule has 0 saturated heterocycles. The lowest BCUT2D eigenvalue weighted by molar-refractivity contribution is 0.0729. The first-order chi connectivity index (χ1) is 12.1. The number of carbonyl (C=O) groups excluding carboxylic acids is 1. The van der Waals surface area contributed by atoms with Crippen LogP contribution in [0.1, 0.15) is 32.7 Å². The summed E-state index contributed by atoms with van der Waals surface area (Å²) in [5.41, 5.74) is 3.28. The molecule has 1 amide bonds. The zero-order valence-corrected chi connectivity index (χ0v) is 15.1. The number of rotatable bonds is 4. The van der Waals surface area contributed by atoms with Gasteiger partial charge in [0.25, 0.3) is 5.91 Å². The number of benzene rings is 1. The number of hydrogen-bond acceptors (Lipinski definition) is 4. The highest BCUT2D eigenvalue weighted by atomic mass is 35.5. The predicted molar refractivity (Wildman–Crippen MR) is 101 cm³/mol. The largest absolute Gasteiger partial charge is 0.360 e. The highest BCUT2D eigenvalue weighted by Gasteiger charge is 2.38. The van der Waals surface area contributed by atoms with Gasteiger partial charge in [-0.25, -0.2) is 0 Å². The molecule has 0 aliphatic carbocycles. The van der Waals surface area contributed by atoms with Crippen LogP contribution in [0.15, 0.2) is 54.0 Å². The summed E-state index contributed by atoms with van der Waals surface area (Å²) in [6.07, 6.45) is 1.40. The smallest absolute Gasteiger partial charge is 0.258 e. The Kier molecular flexibility index (Phi) is 4.19. The van der Waals surface area contributed by atoms with Gasteiger partial charge in [0.15, 0.2) is 0 Å². The van der Waals surface area contributed by atoms with Gasteiger partial charge in [0.1, 0.15) is 6.17 Å². The van der Waals surface area contributed by atoms with Gasteiger partial charge in [-0.2, -0.15) is 0 Å². The number of hydrogen-bond donors (Lipinski definition) is 1. The van der Waals surface area contributed by atoms with Gasteiger partial charge in [-0.1, -0.05) is 23.7 Å². The van der Waals surface area contributed by atoms with Gasteiger partial charge in [0.05, 0.1) is 17.8 Å². The Labute approximate surface area is 155 Å². The van der Waals surface area contributed by atoms with Crippen LogP contribution in [0.4, 0.5) is 5.69 Å². The van der Waals surface area contributed by atoms with E-state index in [0.717, 1.165) is 21.8 Å². The Morgan fingerprint density at radius 2 is 2.16 bits per heavy atom. The average molecular weight is 370 g/mol. The third-order valence-electron chi connectivity index (χ3n) is 4.28. The van der Waals surface area contributed by atoms with Gasteiger partial charge in [0, 0.05) is 21.8 Å². The molecule has 1 aliphatic heterocycles. The number of fused-ring (bicyclic) bond motifs is 1. The number of amides is 1. The van der Waals surface area contributed by atoms with Crippen molar-refractivity contribution in [3.63, 3.8) is 0 Å². The first kappa shape index (κ1) is 16.1. The van der Waals surface area contributed by atoms with E-state index in [1.165, 1.54) is 0 Å². The lowest BCUT2D eigenvalue weighted by Crippen LogP contribution is -2.31. The standard InChI is InChI=1S/C19H16ClN3OS/c1-12-6-7-13(10-16(12)20)22-18-17-15(5-2-8-21-17)19(24)23(18)11-14-4-3-9-25-14/h2-10,18,22H,11H2,1H3. The summed E-state index contributed by atoms with van der Waals surface area (Å²) in [7, 11) is 0.